The molecule has 1 heterocycles. The van der Waals surface area contributed by atoms with Gasteiger partial charge in [-0.1, -0.05) is 95.6 Å². The molecule has 0 spiro atoms. The van der Waals surface area contributed by atoms with Gasteiger partial charge in [-0.25, -0.2) is 5.53 Å². The van der Waals surface area contributed by atoms with Crippen LogP contribution in [0.5, 0.6) is 0 Å². The van der Waals surface area contributed by atoms with E-state index in [1.165, 1.54) is 89.9 Å². The van der Waals surface area contributed by atoms with Crippen molar-refractivity contribution in [3.63, 3.8) is 0 Å². The van der Waals surface area contributed by atoms with Gasteiger partial charge in [0.2, 0.25) is 0 Å². The molecule has 4 heteroatoms. The molecule has 1 atom stereocenters. The molecule has 0 radical (unpaired) electrons. The molecule has 0 amide bonds. The summed E-state index contributed by atoms with van der Waals surface area (Å²) < 4.78 is 0. The summed E-state index contributed by atoms with van der Waals surface area (Å²) >= 11 is 0. The number of hydrogen-bond acceptors (Lipinski definition) is 4. The van der Waals surface area contributed by atoms with E-state index < -0.39 is 0 Å². The first-order chi connectivity index (χ1) is 10.8. The van der Waals surface area contributed by atoms with Gasteiger partial charge in [-0.3, -0.25) is 0 Å². The molecule has 0 aromatic carbocycles. The zero-order valence-corrected chi connectivity index (χ0v) is 15.0. The molecule has 1 aliphatic heterocycles. The molecule has 130 valence electrons. The Labute approximate surface area is 138 Å². The van der Waals surface area contributed by atoms with Crippen LogP contribution in [-0.4, -0.2) is 17.7 Å². The van der Waals surface area contributed by atoms with Crippen LogP contribution in [0.1, 0.15) is 104 Å². The van der Waals surface area contributed by atoms with Gasteiger partial charge in [0, 0.05) is 6.04 Å². The van der Waals surface area contributed by atoms with Crippen LogP contribution >= 0.6 is 0 Å². The van der Waals surface area contributed by atoms with Crippen molar-refractivity contribution in [3.05, 3.63) is 0 Å². The molecular weight excluding hydrogens is 272 g/mol. The van der Waals surface area contributed by atoms with E-state index in [0.717, 1.165) is 0 Å². The second-order valence-corrected chi connectivity index (χ2v) is 6.83. The Balaban J connectivity index is 1.73. The lowest BCUT2D eigenvalue weighted by Crippen LogP contribution is -2.37. The lowest BCUT2D eigenvalue weighted by Gasteiger charge is -2.20. The molecule has 0 saturated heterocycles. The first-order valence-electron chi connectivity index (χ1n) is 9.73. The van der Waals surface area contributed by atoms with Crippen molar-refractivity contribution in [1.29, 1.82) is 0 Å². The van der Waals surface area contributed by atoms with Gasteiger partial charge in [0.05, 0.1) is 0 Å². The van der Waals surface area contributed by atoms with E-state index in [1.807, 2.05) is 0 Å². The van der Waals surface area contributed by atoms with Crippen LogP contribution in [0.25, 0.3) is 0 Å². The normalized spacial score (nSPS) is 16.1. The van der Waals surface area contributed by atoms with Gasteiger partial charge in [0.25, 0.3) is 0 Å². The summed E-state index contributed by atoms with van der Waals surface area (Å²) in [6.07, 6.45) is 19.7. The molecule has 0 aromatic heterocycles. The second kappa shape index (κ2) is 14.0. The highest BCUT2D eigenvalue weighted by Crippen LogP contribution is 2.14. The highest BCUT2D eigenvalue weighted by atomic mass is 15.8. The quantitative estimate of drug-likeness (QED) is 0.377. The van der Waals surface area contributed by atoms with E-state index in [4.69, 9.17) is 0 Å². The molecule has 4 nitrogen and oxygen atoms in total. The molecule has 0 bridgehead atoms. The van der Waals surface area contributed by atoms with Crippen molar-refractivity contribution in [2.24, 2.45) is 10.3 Å². The number of hydrogen-bond donors (Lipinski definition) is 1. The minimum absolute atomic E-state index is 0.544. The van der Waals surface area contributed by atoms with Gasteiger partial charge < -0.3 is 0 Å². The molecule has 1 aliphatic rings. The van der Waals surface area contributed by atoms with Gasteiger partial charge in [0.1, 0.15) is 6.67 Å². The lowest BCUT2D eigenvalue weighted by atomic mass is 10.0. The number of rotatable bonds is 15. The van der Waals surface area contributed by atoms with Crippen molar-refractivity contribution in [1.82, 2.24) is 10.5 Å². The van der Waals surface area contributed by atoms with E-state index in [-0.39, 0.29) is 0 Å². The summed E-state index contributed by atoms with van der Waals surface area (Å²) in [7, 11) is 0. The summed E-state index contributed by atoms with van der Waals surface area (Å²) in [4.78, 5) is 0. The Morgan fingerprint density at radius 1 is 0.818 bits per heavy atom. The predicted octanol–water partition coefficient (Wildman–Crippen LogP) is 6.00. The molecule has 1 N–H and O–H groups in total. The van der Waals surface area contributed by atoms with Crippen molar-refractivity contribution in [2.45, 2.75) is 110 Å². The van der Waals surface area contributed by atoms with Crippen LogP contribution < -0.4 is 5.53 Å². The highest BCUT2D eigenvalue weighted by Gasteiger charge is 2.15. The van der Waals surface area contributed by atoms with Crippen LogP contribution in [0, 0.1) is 0 Å². The molecule has 22 heavy (non-hydrogen) atoms. The van der Waals surface area contributed by atoms with E-state index in [1.54, 1.807) is 0 Å². The fraction of sp³-hybridized carbons (Fsp3) is 1.00. The largest absolute Gasteiger partial charge is 0.220 e. The third-order valence-corrected chi connectivity index (χ3v) is 4.72. The molecule has 0 fully saturated rings. The summed E-state index contributed by atoms with van der Waals surface area (Å²) in [6, 6.07) is 0.544. The Morgan fingerprint density at radius 3 is 1.77 bits per heavy atom. The fourth-order valence-electron chi connectivity index (χ4n) is 3.07. The number of nitrogens with one attached hydrogen (secondary N) is 1. The Hall–Kier alpha value is -0.640. The summed E-state index contributed by atoms with van der Waals surface area (Å²) in [5.41, 5.74) is 2.94. The average molecular weight is 311 g/mol. The summed E-state index contributed by atoms with van der Waals surface area (Å²) in [5, 5.41) is 9.85. The first kappa shape index (κ1) is 19.4. The number of hydrazine groups is 1. The zero-order valence-electron chi connectivity index (χ0n) is 15.0. The van der Waals surface area contributed by atoms with Gasteiger partial charge in [0.15, 0.2) is 0 Å². The van der Waals surface area contributed by atoms with Crippen LogP contribution in [0.2, 0.25) is 0 Å². The van der Waals surface area contributed by atoms with E-state index >= 15 is 0 Å². The molecule has 1 rings (SSSR count). The predicted molar refractivity (Wildman–Crippen MR) is 94.5 cm³/mol. The first-order valence-corrected chi connectivity index (χ1v) is 9.73. The lowest BCUT2D eigenvalue weighted by molar-refractivity contribution is 0.163. The van der Waals surface area contributed by atoms with Crippen molar-refractivity contribution >= 4 is 0 Å². The molecular formula is C18H38N4. The molecule has 0 saturated carbocycles. The molecule has 0 aromatic rings. The summed E-state index contributed by atoms with van der Waals surface area (Å²) in [6.45, 7) is 5.25. The standard InChI is InChI=1S/C18H38N4/c1-3-4-5-6-7-8-9-10-11-12-13-14-15-16-18(2)22-17-19-20-21-22/h18H,3-17H2,1-2H3,(H,19,21). The third-order valence-electron chi connectivity index (χ3n) is 4.72. The number of nitrogens with zero attached hydrogens (tertiary/aromatic N) is 3. The minimum atomic E-state index is 0.544. The van der Waals surface area contributed by atoms with Crippen LogP contribution in [-0.2, 0) is 0 Å². The number of unbranched alkanes of at least 4 members (excludes halogenated alkanes) is 12. The van der Waals surface area contributed by atoms with Crippen molar-refractivity contribution in [3.8, 4) is 0 Å². The molecule has 1 unspecified atom stereocenters. The molecule has 0 aliphatic carbocycles. The maximum atomic E-state index is 3.94. The Morgan fingerprint density at radius 2 is 1.32 bits per heavy atom. The zero-order chi connectivity index (χ0) is 15.9. The van der Waals surface area contributed by atoms with E-state index in [0.29, 0.717) is 12.7 Å². The van der Waals surface area contributed by atoms with Crippen molar-refractivity contribution < 1.29 is 0 Å². The maximum Gasteiger partial charge on any atom is 0.133 e. The fourth-order valence-corrected chi connectivity index (χ4v) is 3.07. The topological polar surface area (TPSA) is 40.0 Å². The van der Waals surface area contributed by atoms with Crippen LogP contribution in [0.3, 0.4) is 0 Å². The van der Waals surface area contributed by atoms with E-state index in [9.17, 15) is 0 Å². The van der Waals surface area contributed by atoms with E-state index in [2.05, 4.69) is 34.7 Å². The van der Waals surface area contributed by atoms with Gasteiger partial charge >= 0.3 is 0 Å². The average Bonchev–Trinajstić information content (AvgIpc) is 3.06. The van der Waals surface area contributed by atoms with Crippen LogP contribution in [0.4, 0.5) is 0 Å². The third kappa shape index (κ3) is 10.1. The van der Waals surface area contributed by atoms with Gasteiger partial charge in [-0.15, -0.1) is 0 Å². The van der Waals surface area contributed by atoms with Gasteiger partial charge in [-0.2, -0.15) is 10.1 Å². The Kier molecular flexibility index (Phi) is 12.3. The SMILES string of the molecule is CCCCCCCCCCCCCCCC(C)N1CN=NN1. The smallest absolute Gasteiger partial charge is 0.133 e. The van der Waals surface area contributed by atoms with Crippen molar-refractivity contribution in [2.75, 3.05) is 6.67 Å². The minimum Gasteiger partial charge on any atom is -0.220 e. The van der Waals surface area contributed by atoms with Gasteiger partial charge in [-0.05, 0) is 13.3 Å². The summed E-state index contributed by atoms with van der Waals surface area (Å²) in [5.74, 6) is 0. The Bertz CT molecular complexity index is 260. The monoisotopic (exact) mass is 310 g/mol. The highest BCUT2D eigenvalue weighted by molar-refractivity contribution is 4.63. The second-order valence-electron chi connectivity index (χ2n) is 6.83. The maximum absolute atomic E-state index is 3.94. The van der Waals surface area contributed by atoms with Crippen LogP contribution in [0.15, 0.2) is 10.3 Å².